The Morgan fingerprint density at radius 3 is 2.68 bits per heavy atom. The molecule has 3 heterocycles. The number of carbonyl (C=O) groups excluding carboxylic acids is 1. The Labute approximate surface area is 203 Å². The molecule has 0 atom stereocenters. The van der Waals surface area contributed by atoms with Crippen LogP contribution in [0.1, 0.15) is 16.1 Å². The first-order valence-electron chi connectivity index (χ1n) is 11.4. The lowest BCUT2D eigenvalue weighted by Crippen LogP contribution is -2.37. The van der Waals surface area contributed by atoms with E-state index in [2.05, 4.69) is 20.9 Å². The summed E-state index contributed by atoms with van der Waals surface area (Å²) in [5.41, 5.74) is 6.40. The highest BCUT2D eigenvalue weighted by atomic mass is 35.5. The van der Waals surface area contributed by atoms with E-state index < -0.39 is 0 Å². The number of halogens is 1. The van der Waals surface area contributed by atoms with E-state index >= 15 is 0 Å². The average Bonchev–Trinajstić information content (AvgIpc) is 3.26. The summed E-state index contributed by atoms with van der Waals surface area (Å²) >= 11 is 6.23. The van der Waals surface area contributed by atoms with E-state index in [-0.39, 0.29) is 5.97 Å². The van der Waals surface area contributed by atoms with Crippen LogP contribution >= 0.6 is 11.6 Å². The monoisotopic (exact) mass is 475 g/mol. The number of nitrogens with one attached hydrogen (secondary N) is 1. The highest BCUT2D eigenvalue weighted by Gasteiger charge is 2.21. The number of H-pyrrole nitrogens is 1. The molecule has 0 aliphatic carbocycles. The van der Waals surface area contributed by atoms with Crippen molar-refractivity contribution >= 4 is 28.5 Å². The Balaban J connectivity index is 1.63. The van der Waals surface area contributed by atoms with Gasteiger partial charge in [0, 0.05) is 76.8 Å². The van der Waals surface area contributed by atoms with Crippen LogP contribution in [0.15, 0.2) is 60.9 Å². The molecule has 0 saturated carbocycles. The average molecular weight is 476 g/mol. The number of esters is 1. The minimum Gasteiger partial charge on any atom is -0.465 e. The van der Waals surface area contributed by atoms with Gasteiger partial charge < -0.3 is 14.5 Å². The molecule has 0 amide bonds. The number of pyridine rings is 1. The van der Waals surface area contributed by atoms with Crippen LogP contribution in [0.5, 0.6) is 0 Å². The van der Waals surface area contributed by atoms with Gasteiger partial charge in [-0.15, -0.1) is 0 Å². The van der Waals surface area contributed by atoms with E-state index in [9.17, 15) is 4.79 Å². The normalized spacial score (nSPS) is 14.4. The first kappa shape index (κ1) is 22.6. The summed E-state index contributed by atoms with van der Waals surface area (Å²) < 4.78 is 10.6. The standard InChI is InChI=1S/C27H26ClN3O3/c1-33-27(32)22-6-3-7-23-26(22)25(24(30-23)8-9-31-10-12-34-13-11-31)20-14-19(16-29-17-20)18-4-2-5-21(28)15-18/h2-7,14-17,30H,8-13H2,1H3. The maximum atomic E-state index is 12.7. The number of fused-ring (bicyclic) bond motifs is 1. The van der Waals surface area contributed by atoms with Gasteiger partial charge >= 0.3 is 5.97 Å². The lowest BCUT2D eigenvalue weighted by atomic mass is 9.96. The Morgan fingerprint density at radius 2 is 1.88 bits per heavy atom. The summed E-state index contributed by atoms with van der Waals surface area (Å²) in [6.07, 6.45) is 4.49. The predicted octanol–water partition coefficient (Wildman–Crippen LogP) is 5.21. The highest BCUT2D eigenvalue weighted by molar-refractivity contribution is 6.30. The second kappa shape index (κ2) is 9.97. The summed E-state index contributed by atoms with van der Waals surface area (Å²) in [6, 6.07) is 15.5. The van der Waals surface area contributed by atoms with Gasteiger partial charge in [-0.2, -0.15) is 0 Å². The molecule has 1 aliphatic heterocycles. The third-order valence-electron chi connectivity index (χ3n) is 6.27. The third kappa shape index (κ3) is 4.57. The number of ether oxygens (including phenoxy) is 2. The fraction of sp³-hybridized carbons (Fsp3) is 0.259. The van der Waals surface area contributed by atoms with Crippen molar-refractivity contribution in [2.75, 3.05) is 40.0 Å². The van der Waals surface area contributed by atoms with E-state index in [1.807, 2.05) is 54.9 Å². The molecular weight excluding hydrogens is 450 g/mol. The molecule has 0 unspecified atom stereocenters. The van der Waals surface area contributed by atoms with Crippen molar-refractivity contribution in [1.29, 1.82) is 0 Å². The molecule has 2 aromatic carbocycles. The first-order valence-corrected chi connectivity index (χ1v) is 11.7. The smallest absolute Gasteiger partial charge is 0.338 e. The third-order valence-corrected chi connectivity index (χ3v) is 6.51. The van der Waals surface area contributed by atoms with E-state index in [1.54, 1.807) is 0 Å². The Hall–Kier alpha value is -3.19. The largest absolute Gasteiger partial charge is 0.465 e. The van der Waals surface area contributed by atoms with Gasteiger partial charge in [0.05, 0.1) is 25.9 Å². The molecule has 0 bridgehead atoms. The predicted molar refractivity (Wildman–Crippen MR) is 134 cm³/mol. The molecule has 34 heavy (non-hydrogen) atoms. The fourth-order valence-corrected chi connectivity index (χ4v) is 4.78. The van der Waals surface area contributed by atoms with Gasteiger partial charge in [0.15, 0.2) is 0 Å². The van der Waals surface area contributed by atoms with Gasteiger partial charge in [-0.3, -0.25) is 9.88 Å². The molecule has 1 saturated heterocycles. The van der Waals surface area contributed by atoms with Crippen LogP contribution in [-0.2, 0) is 15.9 Å². The quantitative estimate of drug-likeness (QED) is 0.388. The van der Waals surface area contributed by atoms with E-state index in [0.717, 1.165) is 78.1 Å². The van der Waals surface area contributed by atoms with Crippen molar-refractivity contribution in [3.05, 3.63) is 77.2 Å². The molecular formula is C27H26ClN3O3. The number of carbonyl (C=O) groups is 1. The molecule has 4 aromatic rings. The number of morpholine rings is 1. The van der Waals surface area contributed by atoms with Crippen molar-refractivity contribution in [2.24, 2.45) is 0 Å². The van der Waals surface area contributed by atoms with Crippen molar-refractivity contribution in [3.63, 3.8) is 0 Å². The summed E-state index contributed by atoms with van der Waals surface area (Å²) in [5, 5.41) is 1.53. The van der Waals surface area contributed by atoms with Crippen LogP contribution in [0.2, 0.25) is 5.02 Å². The molecule has 0 radical (unpaired) electrons. The maximum absolute atomic E-state index is 12.7. The Kier molecular flexibility index (Phi) is 6.63. The number of benzene rings is 2. The molecule has 2 aromatic heterocycles. The van der Waals surface area contributed by atoms with Crippen molar-refractivity contribution < 1.29 is 14.3 Å². The van der Waals surface area contributed by atoms with Crippen LogP contribution in [0, 0.1) is 0 Å². The fourth-order valence-electron chi connectivity index (χ4n) is 4.59. The molecule has 0 spiro atoms. The molecule has 174 valence electrons. The second-order valence-electron chi connectivity index (χ2n) is 8.37. The number of hydrogen-bond acceptors (Lipinski definition) is 5. The van der Waals surface area contributed by atoms with Crippen LogP contribution in [-0.4, -0.2) is 60.8 Å². The van der Waals surface area contributed by atoms with Crippen molar-refractivity contribution in [3.8, 4) is 22.3 Å². The zero-order chi connectivity index (χ0) is 23.5. The molecule has 1 fully saturated rings. The Bertz CT molecular complexity index is 1330. The topological polar surface area (TPSA) is 67.5 Å². The summed E-state index contributed by atoms with van der Waals surface area (Å²) in [5.74, 6) is -0.357. The van der Waals surface area contributed by atoms with E-state index in [0.29, 0.717) is 10.6 Å². The SMILES string of the molecule is COC(=O)c1cccc2[nH]c(CCN3CCOCC3)c(-c3cncc(-c4cccc(Cl)c4)c3)c12. The van der Waals surface area contributed by atoms with E-state index in [4.69, 9.17) is 21.1 Å². The van der Waals surface area contributed by atoms with Crippen molar-refractivity contribution in [2.45, 2.75) is 6.42 Å². The van der Waals surface area contributed by atoms with Gasteiger partial charge in [0.25, 0.3) is 0 Å². The van der Waals surface area contributed by atoms with Crippen molar-refractivity contribution in [1.82, 2.24) is 14.9 Å². The number of aromatic nitrogens is 2. The maximum Gasteiger partial charge on any atom is 0.338 e. The van der Waals surface area contributed by atoms with Gasteiger partial charge in [0.1, 0.15) is 0 Å². The van der Waals surface area contributed by atoms with E-state index in [1.165, 1.54) is 7.11 Å². The van der Waals surface area contributed by atoms with Crippen LogP contribution in [0.4, 0.5) is 0 Å². The van der Waals surface area contributed by atoms with Gasteiger partial charge in [-0.05, 0) is 35.9 Å². The summed E-state index contributed by atoms with van der Waals surface area (Å²) in [7, 11) is 1.41. The van der Waals surface area contributed by atoms with Crippen LogP contribution in [0.25, 0.3) is 33.2 Å². The summed E-state index contributed by atoms with van der Waals surface area (Å²) in [6.45, 7) is 4.27. The number of hydrogen-bond donors (Lipinski definition) is 1. The summed E-state index contributed by atoms with van der Waals surface area (Å²) in [4.78, 5) is 23.2. The number of aromatic amines is 1. The zero-order valence-corrected chi connectivity index (χ0v) is 19.8. The molecule has 6 nitrogen and oxygen atoms in total. The molecule has 1 aliphatic rings. The molecule has 5 rings (SSSR count). The molecule has 7 heteroatoms. The van der Waals surface area contributed by atoms with Gasteiger partial charge in [-0.1, -0.05) is 29.8 Å². The zero-order valence-electron chi connectivity index (χ0n) is 19.0. The number of methoxy groups -OCH3 is 1. The van der Waals surface area contributed by atoms with Gasteiger partial charge in [0.2, 0.25) is 0 Å². The van der Waals surface area contributed by atoms with Crippen LogP contribution < -0.4 is 0 Å². The van der Waals surface area contributed by atoms with Gasteiger partial charge in [-0.25, -0.2) is 4.79 Å². The Morgan fingerprint density at radius 1 is 1.09 bits per heavy atom. The lowest BCUT2D eigenvalue weighted by molar-refractivity contribution is 0.0383. The second-order valence-corrected chi connectivity index (χ2v) is 8.81. The lowest BCUT2D eigenvalue weighted by Gasteiger charge is -2.26. The minimum atomic E-state index is -0.357. The first-order chi connectivity index (χ1) is 16.6. The minimum absolute atomic E-state index is 0.357. The number of nitrogens with zero attached hydrogens (tertiary/aromatic N) is 2. The highest BCUT2D eigenvalue weighted by Crippen LogP contribution is 2.37. The molecule has 1 N–H and O–H groups in total. The van der Waals surface area contributed by atoms with Crippen LogP contribution in [0.3, 0.4) is 0 Å². The number of rotatable bonds is 6.